The van der Waals surface area contributed by atoms with Gasteiger partial charge in [0.2, 0.25) is 0 Å². The molecule has 1 fully saturated rings. The molecule has 3 aromatic carbocycles. The number of aromatic nitrogens is 1. The van der Waals surface area contributed by atoms with Crippen LogP contribution in [-0.4, -0.2) is 55.2 Å². The zero-order valence-electron chi connectivity index (χ0n) is 19.6. The highest BCUT2D eigenvalue weighted by molar-refractivity contribution is 7.22. The first-order chi connectivity index (χ1) is 16.7. The van der Waals surface area contributed by atoms with Crippen molar-refractivity contribution in [3.05, 3.63) is 83.9 Å². The van der Waals surface area contributed by atoms with Crippen LogP contribution >= 0.6 is 23.7 Å². The Morgan fingerprint density at radius 1 is 1.03 bits per heavy atom. The number of carbonyl (C=O) groups excluding carboxylic acids is 1. The third-order valence-electron chi connectivity index (χ3n) is 5.92. The van der Waals surface area contributed by atoms with Crippen LogP contribution in [0.5, 0.6) is 11.5 Å². The molecule has 182 valence electrons. The Kier molecular flexibility index (Phi) is 8.36. The number of ether oxygens (including phenoxy) is 2. The lowest BCUT2D eigenvalue weighted by Crippen LogP contribution is -2.43. The topological polar surface area (TPSA) is 54.9 Å². The number of thiazole rings is 1. The number of aryl methyl sites for hydroxylation is 1. The Hall–Kier alpha value is -2.97. The van der Waals surface area contributed by atoms with Gasteiger partial charge in [-0.3, -0.25) is 14.6 Å². The van der Waals surface area contributed by atoms with Crippen LogP contribution in [0.15, 0.2) is 72.8 Å². The first-order valence-electron chi connectivity index (χ1n) is 11.5. The van der Waals surface area contributed by atoms with Crippen molar-refractivity contribution in [1.29, 1.82) is 0 Å². The number of nitrogens with zero attached hydrogens (tertiary/aromatic N) is 3. The molecule has 0 unspecified atom stereocenters. The molecule has 0 aliphatic carbocycles. The molecule has 6 nitrogen and oxygen atoms in total. The molecule has 0 atom stereocenters. The van der Waals surface area contributed by atoms with E-state index in [0.29, 0.717) is 28.7 Å². The molecule has 35 heavy (non-hydrogen) atoms. The lowest BCUT2D eigenvalue weighted by atomic mass is 10.1. The smallest absolute Gasteiger partial charge is 0.263 e. The van der Waals surface area contributed by atoms with Gasteiger partial charge >= 0.3 is 0 Å². The molecule has 0 N–H and O–H groups in total. The summed E-state index contributed by atoms with van der Waals surface area (Å²) < 4.78 is 12.7. The van der Waals surface area contributed by atoms with Crippen molar-refractivity contribution in [3.63, 3.8) is 0 Å². The highest BCUT2D eigenvalue weighted by Gasteiger charge is 2.25. The Morgan fingerprint density at radius 3 is 2.54 bits per heavy atom. The van der Waals surface area contributed by atoms with Crippen molar-refractivity contribution in [3.8, 4) is 11.5 Å². The minimum Gasteiger partial charge on any atom is -0.457 e. The number of amides is 1. The van der Waals surface area contributed by atoms with E-state index >= 15 is 0 Å². The number of anilines is 1. The molecule has 1 aliphatic heterocycles. The number of carbonyl (C=O) groups is 1. The summed E-state index contributed by atoms with van der Waals surface area (Å²) in [5, 5.41) is 0.706. The Labute approximate surface area is 215 Å². The minimum absolute atomic E-state index is 0. The van der Waals surface area contributed by atoms with Gasteiger partial charge in [0, 0.05) is 26.2 Å². The minimum atomic E-state index is -0.114. The fourth-order valence-corrected chi connectivity index (χ4v) is 5.10. The summed E-state index contributed by atoms with van der Waals surface area (Å²) in [6.07, 6.45) is 0. The molecule has 0 bridgehead atoms. The molecule has 4 aromatic rings. The second-order valence-corrected chi connectivity index (χ2v) is 9.25. The number of halogens is 1. The molecule has 8 heteroatoms. The first-order valence-corrected chi connectivity index (χ1v) is 12.3. The maximum Gasteiger partial charge on any atom is 0.263 e. The summed E-state index contributed by atoms with van der Waals surface area (Å²) in [5.74, 6) is 1.11. The number of benzene rings is 3. The second kappa shape index (κ2) is 11.6. The Morgan fingerprint density at radius 2 is 1.77 bits per heavy atom. The van der Waals surface area contributed by atoms with E-state index in [9.17, 15) is 4.79 Å². The van der Waals surface area contributed by atoms with Gasteiger partial charge in [-0.25, -0.2) is 4.98 Å². The summed E-state index contributed by atoms with van der Waals surface area (Å²) in [5.41, 5.74) is 2.57. The number of para-hydroxylation sites is 3. The quantitative estimate of drug-likeness (QED) is 0.315. The summed E-state index contributed by atoms with van der Waals surface area (Å²) in [6.45, 7) is 6.53. The van der Waals surface area contributed by atoms with Crippen LogP contribution < -0.4 is 9.64 Å². The predicted molar refractivity (Wildman–Crippen MR) is 143 cm³/mol. The molecule has 1 amide bonds. The van der Waals surface area contributed by atoms with Crippen molar-refractivity contribution in [1.82, 2.24) is 9.88 Å². The lowest BCUT2D eigenvalue weighted by Gasteiger charge is -2.29. The van der Waals surface area contributed by atoms with Crippen LogP contribution in [-0.2, 0) is 4.74 Å². The van der Waals surface area contributed by atoms with Gasteiger partial charge in [-0.2, -0.15) is 0 Å². The molecule has 0 spiro atoms. The molecule has 5 rings (SSSR count). The highest BCUT2D eigenvalue weighted by atomic mass is 35.5. The van der Waals surface area contributed by atoms with Crippen molar-refractivity contribution in [2.45, 2.75) is 6.92 Å². The zero-order chi connectivity index (χ0) is 23.3. The van der Waals surface area contributed by atoms with E-state index in [1.54, 1.807) is 16.2 Å². The molecule has 0 radical (unpaired) electrons. The number of hydrogen-bond donors (Lipinski definition) is 0. The van der Waals surface area contributed by atoms with Crippen LogP contribution in [0.1, 0.15) is 15.9 Å². The van der Waals surface area contributed by atoms with Gasteiger partial charge < -0.3 is 9.47 Å². The largest absolute Gasteiger partial charge is 0.457 e. The molecule has 1 aromatic heterocycles. The predicted octanol–water partition coefficient (Wildman–Crippen LogP) is 5.80. The van der Waals surface area contributed by atoms with Gasteiger partial charge in [0.25, 0.3) is 5.91 Å². The van der Waals surface area contributed by atoms with Crippen molar-refractivity contribution in [2.24, 2.45) is 0 Å². The van der Waals surface area contributed by atoms with Crippen LogP contribution in [0.4, 0.5) is 5.13 Å². The van der Waals surface area contributed by atoms with E-state index in [1.165, 1.54) is 0 Å². The summed E-state index contributed by atoms with van der Waals surface area (Å²) in [6, 6.07) is 23.1. The van der Waals surface area contributed by atoms with Gasteiger partial charge in [0.05, 0.1) is 29.0 Å². The van der Waals surface area contributed by atoms with E-state index < -0.39 is 0 Å². The van der Waals surface area contributed by atoms with Gasteiger partial charge in [-0.15, -0.1) is 12.4 Å². The second-order valence-electron chi connectivity index (χ2n) is 8.24. The Balaban J connectivity index is 0.00000289. The van der Waals surface area contributed by atoms with E-state index in [2.05, 4.69) is 24.0 Å². The van der Waals surface area contributed by atoms with Gasteiger partial charge in [0.15, 0.2) is 5.13 Å². The summed E-state index contributed by atoms with van der Waals surface area (Å²) in [4.78, 5) is 23.0. The van der Waals surface area contributed by atoms with E-state index in [4.69, 9.17) is 14.5 Å². The standard InChI is InChI=1S/C27H27N3O3S.ClH/c1-20-8-7-13-24-25(20)28-27(34-24)30(15-14-29-16-18-32-19-17-29)26(31)22-11-5-6-12-23(22)33-21-9-3-2-4-10-21;/h2-13H,14-19H2,1H3;1H. The van der Waals surface area contributed by atoms with Gasteiger partial charge in [-0.05, 0) is 42.8 Å². The van der Waals surface area contributed by atoms with Crippen molar-refractivity contribution in [2.75, 3.05) is 44.3 Å². The van der Waals surface area contributed by atoms with E-state index in [1.807, 2.05) is 60.7 Å². The fraction of sp³-hybridized carbons (Fsp3) is 0.259. The number of hydrogen-bond acceptors (Lipinski definition) is 6. The SMILES string of the molecule is Cc1cccc2sc(N(CCN3CCOCC3)C(=O)c3ccccc3Oc3ccccc3)nc12.Cl. The number of fused-ring (bicyclic) bond motifs is 1. The monoisotopic (exact) mass is 509 g/mol. The molecule has 0 saturated carbocycles. The molecular weight excluding hydrogens is 482 g/mol. The molecule has 1 aliphatic rings. The Bertz CT molecular complexity index is 1280. The fourth-order valence-electron chi connectivity index (χ4n) is 4.03. The number of rotatable bonds is 7. The summed E-state index contributed by atoms with van der Waals surface area (Å²) >= 11 is 1.55. The van der Waals surface area contributed by atoms with Crippen LogP contribution in [0.25, 0.3) is 10.2 Å². The average molecular weight is 510 g/mol. The lowest BCUT2D eigenvalue weighted by molar-refractivity contribution is 0.0391. The molecule has 2 heterocycles. The maximum atomic E-state index is 14.0. The van der Waals surface area contributed by atoms with Crippen molar-refractivity contribution >= 4 is 45.0 Å². The van der Waals surface area contributed by atoms with Crippen LogP contribution in [0.3, 0.4) is 0 Å². The van der Waals surface area contributed by atoms with Gasteiger partial charge in [0.1, 0.15) is 11.5 Å². The summed E-state index contributed by atoms with van der Waals surface area (Å²) in [7, 11) is 0. The van der Waals surface area contributed by atoms with Crippen LogP contribution in [0, 0.1) is 6.92 Å². The highest BCUT2D eigenvalue weighted by Crippen LogP contribution is 2.33. The third kappa shape index (κ3) is 5.82. The average Bonchev–Trinajstić information content (AvgIpc) is 3.31. The normalized spacial score (nSPS) is 13.9. The first kappa shape index (κ1) is 25.1. The van der Waals surface area contributed by atoms with Crippen LogP contribution in [0.2, 0.25) is 0 Å². The van der Waals surface area contributed by atoms with E-state index in [0.717, 1.165) is 48.6 Å². The zero-order valence-corrected chi connectivity index (χ0v) is 21.2. The van der Waals surface area contributed by atoms with Gasteiger partial charge in [-0.1, -0.05) is 53.8 Å². The third-order valence-corrected chi connectivity index (χ3v) is 6.96. The number of morpholine rings is 1. The maximum absolute atomic E-state index is 14.0. The molecule has 1 saturated heterocycles. The molecular formula is C27H28ClN3O3S. The van der Waals surface area contributed by atoms with E-state index in [-0.39, 0.29) is 18.3 Å². The van der Waals surface area contributed by atoms with Crippen molar-refractivity contribution < 1.29 is 14.3 Å².